The summed E-state index contributed by atoms with van der Waals surface area (Å²) in [6.07, 6.45) is 5.49. The molecule has 0 radical (unpaired) electrons. The molecule has 1 aliphatic heterocycles. The second-order valence-corrected chi connectivity index (χ2v) is 12.0. The van der Waals surface area contributed by atoms with Crippen LogP contribution in [0.5, 0.6) is 0 Å². The van der Waals surface area contributed by atoms with E-state index < -0.39 is 6.04 Å². The van der Waals surface area contributed by atoms with E-state index in [9.17, 15) is 9.59 Å². The van der Waals surface area contributed by atoms with Gasteiger partial charge < -0.3 is 15.2 Å². The zero-order valence-corrected chi connectivity index (χ0v) is 24.7. The van der Waals surface area contributed by atoms with Crippen molar-refractivity contribution in [2.45, 2.75) is 45.7 Å². The highest BCUT2D eigenvalue weighted by Gasteiger charge is 2.37. The van der Waals surface area contributed by atoms with E-state index in [1.807, 2.05) is 53.1 Å². The maximum absolute atomic E-state index is 13.4. The van der Waals surface area contributed by atoms with Gasteiger partial charge in [-0.3, -0.25) is 14.0 Å². The summed E-state index contributed by atoms with van der Waals surface area (Å²) in [7, 11) is 0. The molecule has 1 fully saturated rings. The van der Waals surface area contributed by atoms with Crippen LogP contribution in [-0.2, 0) is 9.59 Å². The number of hydrogen-bond acceptors (Lipinski definition) is 5. The first-order chi connectivity index (χ1) is 19.8. The largest absolute Gasteiger partial charge is 0.344 e. The van der Waals surface area contributed by atoms with E-state index in [0.29, 0.717) is 11.7 Å². The maximum atomic E-state index is 13.4. The van der Waals surface area contributed by atoms with Crippen LogP contribution in [0.25, 0.3) is 38.6 Å². The lowest BCUT2D eigenvalue weighted by Gasteiger charge is -2.30. The monoisotopic (exact) mass is 586 g/mol. The Hall–Kier alpha value is -3.95. The summed E-state index contributed by atoms with van der Waals surface area (Å²) in [6.45, 7) is 6.00. The van der Waals surface area contributed by atoms with Crippen LogP contribution >= 0.6 is 22.9 Å². The van der Waals surface area contributed by atoms with E-state index in [4.69, 9.17) is 11.6 Å². The van der Waals surface area contributed by atoms with Crippen LogP contribution in [0.15, 0.2) is 66.3 Å². The van der Waals surface area contributed by atoms with Gasteiger partial charge >= 0.3 is 0 Å². The van der Waals surface area contributed by atoms with Crippen molar-refractivity contribution in [3.8, 4) is 33.6 Å². The van der Waals surface area contributed by atoms with Gasteiger partial charge in [0.1, 0.15) is 22.7 Å². The van der Waals surface area contributed by atoms with Gasteiger partial charge in [0.25, 0.3) is 0 Å². The number of rotatable bonds is 7. The van der Waals surface area contributed by atoms with Crippen molar-refractivity contribution in [2.75, 3.05) is 6.54 Å². The number of carbonyl (C=O) groups is 2. The topological polar surface area (TPSA) is 95.4 Å². The van der Waals surface area contributed by atoms with Crippen LogP contribution in [0.1, 0.15) is 45.5 Å². The number of carbonyl (C=O) groups excluding carboxylic acids is 2. The molecule has 0 aliphatic carbocycles. The molecule has 2 aromatic carbocycles. The van der Waals surface area contributed by atoms with E-state index >= 15 is 0 Å². The molecule has 2 atom stereocenters. The number of aromatic nitrogens is 4. The Morgan fingerprint density at radius 3 is 2.34 bits per heavy atom. The molecule has 0 bridgehead atoms. The molecule has 0 saturated carbocycles. The molecule has 1 aliphatic rings. The number of likely N-dealkylation sites (tertiary alicyclic amines) is 1. The maximum Gasteiger partial charge on any atom is 0.246 e. The standard InChI is InChI=1S/C31H31ClN6O2S/c1-18(2)26(34-19(3)39)30(40)37-14-4-5-25(37)29-33-17-24(35-29)22-10-6-20(7-11-22)21-8-12-23(13-9-21)27-28(32)38-15-16-41-31(38)36-27/h6-13,15-18,25-26H,4-5,14H2,1-3H3,(H,33,35)(H,34,39)/t25?,26-/m0/s1. The van der Waals surface area contributed by atoms with Gasteiger partial charge in [-0.25, -0.2) is 9.97 Å². The zero-order valence-electron chi connectivity index (χ0n) is 23.1. The number of halogens is 1. The lowest BCUT2D eigenvalue weighted by atomic mass is 10.0. The molecule has 1 saturated heterocycles. The molecule has 6 rings (SSSR count). The van der Waals surface area contributed by atoms with E-state index in [2.05, 4.69) is 56.7 Å². The van der Waals surface area contributed by atoms with Gasteiger partial charge in [0.15, 0.2) is 4.96 Å². The number of imidazole rings is 2. The summed E-state index contributed by atoms with van der Waals surface area (Å²) in [4.78, 5) is 40.6. The molecule has 41 heavy (non-hydrogen) atoms. The summed E-state index contributed by atoms with van der Waals surface area (Å²) in [5.41, 5.74) is 5.88. The van der Waals surface area contributed by atoms with Crippen molar-refractivity contribution in [3.63, 3.8) is 0 Å². The SMILES string of the molecule is CC(=O)N[C@H](C(=O)N1CCCC1c1ncc(-c2ccc(-c3ccc(-c4nc5sccn5c4Cl)cc3)cc2)[nH]1)C(C)C. The minimum absolute atomic E-state index is 0.00431. The van der Waals surface area contributed by atoms with Crippen LogP contribution in [0.4, 0.5) is 0 Å². The molecule has 8 nitrogen and oxygen atoms in total. The van der Waals surface area contributed by atoms with Crippen molar-refractivity contribution in [2.24, 2.45) is 5.92 Å². The number of nitrogens with zero attached hydrogens (tertiary/aromatic N) is 4. The normalized spacial score (nSPS) is 16.0. The second-order valence-electron chi connectivity index (χ2n) is 10.8. The summed E-state index contributed by atoms with van der Waals surface area (Å²) in [5.74, 6) is 0.514. The summed E-state index contributed by atoms with van der Waals surface area (Å²) >= 11 is 8.10. The number of amides is 2. The highest BCUT2D eigenvalue weighted by molar-refractivity contribution is 7.15. The molecule has 2 amide bonds. The Bertz CT molecular complexity index is 1700. The number of aromatic amines is 1. The fourth-order valence-electron chi connectivity index (χ4n) is 5.48. The van der Waals surface area contributed by atoms with Gasteiger partial charge in [-0.05, 0) is 35.4 Å². The Morgan fingerprint density at radius 1 is 1.05 bits per heavy atom. The zero-order chi connectivity index (χ0) is 28.7. The average Bonchev–Trinajstić information content (AvgIpc) is 3.77. The van der Waals surface area contributed by atoms with Crippen molar-refractivity contribution < 1.29 is 9.59 Å². The van der Waals surface area contributed by atoms with Gasteiger partial charge in [0.05, 0.1) is 17.9 Å². The molecule has 3 aromatic heterocycles. The van der Waals surface area contributed by atoms with Gasteiger partial charge in [-0.15, -0.1) is 11.3 Å². The predicted octanol–water partition coefficient (Wildman–Crippen LogP) is 6.60. The van der Waals surface area contributed by atoms with Gasteiger partial charge in [0.2, 0.25) is 11.8 Å². The molecule has 0 spiro atoms. The molecular formula is C31H31ClN6O2S. The number of nitrogens with one attached hydrogen (secondary N) is 2. The fourth-order valence-corrected chi connectivity index (χ4v) is 6.54. The van der Waals surface area contributed by atoms with Crippen LogP contribution in [0, 0.1) is 5.92 Å². The Balaban J connectivity index is 1.17. The van der Waals surface area contributed by atoms with Gasteiger partial charge in [-0.2, -0.15) is 0 Å². The quantitative estimate of drug-likeness (QED) is 0.225. The Morgan fingerprint density at radius 2 is 1.71 bits per heavy atom. The third kappa shape index (κ3) is 5.27. The van der Waals surface area contributed by atoms with Crippen molar-refractivity contribution in [3.05, 3.63) is 77.3 Å². The third-order valence-electron chi connectivity index (χ3n) is 7.63. The molecule has 5 aromatic rings. The van der Waals surface area contributed by atoms with Gasteiger partial charge in [-0.1, -0.05) is 74.0 Å². The second kappa shape index (κ2) is 11.1. The number of benzene rings is 2. The average molecular weight is 587 g/mol. The van der Waals surface area contributed by atoms with Crippen molar-refractivity contribution in [1.29, 1.82) is 0 Å². The van der Waals surface area contributed by atoms with E-state index in [1.54, 1.807) is 11.3 Å². The van der Waals surface area contributed by atoms with Crippen LogP contribution < -0.4 is 5.32 Å². The lowest BCUT2D eigenvalue weighted by molar-refractivity contribution is -0.138. The highest BCUT2D eigenvalue weighted by atomic mass is 35.5. The first-order valence-corrected chi connectivity index (χ1v) is 15.0. The number of H-pyrrole nitrogens is 1. The first kappa shape index (κ1) is 27.2. The number of thiazole rings is 1. The van der Waals surface area contributed by atoms with Crippen molar-refractivity contribution in [1.82, 2.24) is 29.6 Å². The minimum Gasteiger partial charge on any atom is -0.344 e. The third-order valence-corrected chi connectivity index (χ3v) is 8.75. The molecule has 2 N–H and O–H groups in total. The Kier molecular flexibility index (Phi) is 7.40. The fraction of sp³-hybridized carbons (Fsp3) is 0.290. The van der Waals surface area contributed by atoms with Crippen LogP contribution in [-0.4, -0.2) is 48.7 Å². The number of hydrogen-bond donors (Lipinski definition) is 2. The lowest BCUT2D eigenvalue weighted by Crippen LogP contribution is -2.50. The Labute approximate surface area is 247 Å². The van der Waals surface area contributed by atoms with E-state index in [1.165, 1.54) is 6.92 Å². The molecule has 1 unspecified atom stereocenters. The summed E-state index contributed by atoms with van der Waals surface area (Å²) in [6, 6.07) is 15.9. The first-order valence-electron chi connectivity index (χ1n) is 13.7. The highest BCUT2D eigenvalue weighted by Crippen LogP contribution is 2.34. The van der Waals surface area contributed by atoms with Gasteiger partial charge in [0, 0.05) is 30.6 Å². The molecule has 4 heterocycles. The number of fused-ring (bicyclic) bond motifs is 1. The van der Waals surface area contributed by atoms with Crippen LogP contribution in [0.3, 0.4) is 0 Å². The van der Waals surface area contributed by atoms with Crippen LogP contribution in [0.2, 0.25) is 5.15 Å². The predicted molar refractivity (Wildman–Crippen MR) is 163 cm³/mol. The van der Waals surface area contributed by atoms with Crippen molar-refractivity contribution >= 4 is 39.7 Å². The summed E-state index contributed by atoms with van der Waals surface area (Å²) < 4.78 is 1.89. The summed E-state index contributed by atoms with van der Waals surface area (Å²) in [5, 5.41) is 5.42. The van der Waals surface area contributed by atoms with E-state index in [0.717, 1.165) is 57.3 Å². The molecule has 10 heteroatoms. The smallest absolute Gasteiger partial charge is 0.246 e. The minimum atomic E-state index is -0.544. The van der Waals surface area contributed by atoms with E-state index in [-0.39, 0.29) is 23.8 Å². The molecular weight excluding hydrogens is 556 g/mol. The molecule has 210 valence electrons.